The Morgan fingerprint density at radius 2 is 1.74 bits per heavy atom. The standard InChI is InChI=1S/C29H38N4O4S/c1-18(2)21-6-5-7-22(19(3)4)26(21)31-28(35)33-12-10-29(11-13-33)32-23(16-38-29)27(34)30-15-20-8-9-24-25(14-20)37-17-36-24/h5-9,14,18-19,23,32H,10-13,15-17H2,1-4H3,(H,30,34)(H,31,35). The maximum atomic E-state index is 13.3. The van der Waals surface area contributed by atoms with E-state index in [-0.39, 0.29) is 29.6 Å². The molecule has 9 heteroatoms. The van der Waals surface area contributed by atoms with Gasteiger partial charge in [-0.25, -0.2) is 4.79 Å². The van der Waals surface area contributed by atoms with Crippen LogP contribution in [0.25, 0.3) is 0 Å². The zero-order chi connectivity index (χ0) is 26.9. The Bertz CT molecular complexity index is 1170. The van der Waals surface area contributed by atoms with E-state index < -0.39 is 0 Å². The molecular weight excluding hydrogens is 500 g/mol. The van der Waals surface area contributed by atoms with Gasteiger partial charge in [0.05, 0.1) is 10.9 Å². The molecule has 2 aromatic rings. The smallest absolute Gasteiger partial charge is 0.321 e. The van der Waals surface area contributed by atoms with Gasteiger partial charge in [0.25, 0.3) is 0 Å². The number of nitrogens with zero attached hydrogens (tertiary/aromatic N) is 1. The van der Waals surface area contributed by atoms with Crippen LogP contribution < -0.4 is 25.4 Å². The van der Waals surface area contributed by atoms with Gasteiger partial charge in [-0.15, -0.1) is 11.8 Å². The average Bonchev–Trinajstić information content (AvgIpc) is 3.54. The number of nitrogens with one attached hydrogen (secondary N) is 3. The van der Waals surface area contributed by atoms with Crippen molar-refractivity contribution in [1.29, 1.82) is 0 Å². The number of amides is 3. The molecule has 0 aliphatic carbocycles. The van der Waals surface area contributed by atoms with Crippen LogP contribution in [-0.4, -0.2) is 53.4 Å². The zero-order valence-corrected chi connectivity index (χ0v) is 23.5. The molecule has 204 valence electrons. The summed E-state index contributed by atoms with van der Waals surface area (Å²) in [5.41, 5.74) is 4.26. The van der Waals surface area contributed by atoms with Gasteiger partial charge >= 0.3 is 6.03 Å². The van der Waals surface area contributed by atoms with E-state index in [9.17, 15) is 9.59 Å². The Hall–Kier alpha value is -2.91. The van der Waals surface area contributed by atoms with Crippen LogP contribution in [0.5, 0.6) is 11.5 Å². The maximum Gasteiger partial charge on any atom is 0.321 e. The first-order valence-electron chi connectivity index (χ1n) is 13.5. The highest BCUT2D eigenvalue weighted by Gasteiger charge is 2.44. The van der Waals surface area contributed by atoms with Gasteiger partial charge in [0.2, 0.25) is 12.7 Å². The third-order valence-corrected chi connectivity index (χ3v) is 9.23. The first-order chi connectivity index (χ1) is 18.2. The van der Waals surface area contributed by atoms with E-state index in [1.165, 1.54) is 11.1 Å². The topological polar surface area (TPSA) is 91.9 Å². The van der Waals surface area contributed by atoms with Crippen molar-refractivity contribution in [3.8, 4) is 11.5 Å². The summed E-state index contributed by atoms with van der Waals surface area (Å²) in [5, 5.41) is 9.88. The largest absolute Gasteiger partial charge is 0.454 e. The number of hydrogen-bond donors (Lipinski definition) is 3. The molecule has 0 bridgehead atoms. The van der Waals surface area contributed by atoms with Gasteiger partial charge in [0.1, 0.15) is 0 Å². The van der Waals surface area contributed by atoms with E-state index in [1.54, 1.807) is 11.8 Å². The Kier molecular flexibility index (Phi) is 7.77. The highest BCUT2D eigenvalue weighted by molar-refractivity contribution is 8.01. The molecule has 2 fully saturated rings. The van der Waals surface area contributed by atoms with Gasteiger partial charge in [-0.05, 0) is 53.5 Å². The van der Waals surface area contributed by atoms with Crippen molar-refractivity contribution in [3.05, 3.63) is 53.1 Å². The molecule has 38 heavy (non-hydrogen) atoms. The predicted octanol–water partition coefficient (Wildman–Crippen LogP) is 5.01. The Labute approximate surface area is 229 Å². The van der Waals surface area contributed by atoms with E-state index in [4.69, 9.17) is 9.47 Å². The summed E-state index contributed by atoms with van der Waals surface area (Å²) in [6.45, 7) is 10.6. The molecule has 2 aromatic carbocycles. The van der Waals surface area contributed by atoms with E-state index in [1.807, 2.05) is 23.1 Å². The molecule has 3 N–H and O–H groups in total. The number of fused-ring (bicyclic) bond motifs is 1. The minimum absolute atomic E-state index is 0.00118. The lowest BCUT2D eigenvalue weighted by molar-refractivity contribution is -0.122. The number of likely N-dealkylation sites (tertiary alicyclic amines) is 1. The van der Waals surface area contributed by atoms with Crippen molar-refractivity contribution in [2.45, 2.75) is 69.8 Å². The van der Waals surface area contributed by atoms with E-state index >= 15 is 0 Å². The molecule has 3 aliphatic rings. The first kappa shape index (κ1) is 26.7. The number of ether oxygens (including phenoxy) is 2. The van der Waals surface area contributed by atoms with Crippen molar-refractivity contribution in [3.63, 3.8) is 0 Å². The highest BCUT2D eigenvalue weighted by atomic mass is 32.2. The fourth-order valence-electron chi connectivity index (χ4n) is 5.39. The van der Waals surface area contributed by atoms with Crippen molar-refractivity contribution in [2.24, 2.45) is 0 Å². The number of carbonyl (C=O) groups is 2. The molecule has 0 radical (unpaired) electrons. The highest BCUT2D eigenvalue weighted by Crippen LogP contribution is 2.40. The molecule has 1 atom stereocenters. The van der Waals surface area contributed by atoms with Gasteiger partial charge in [-0.3, -0.25) is 10.1 Å². The molecule has 0 aromatic heterocycles. The quantitative estimate of drug-likeness (QED) is 0.479. The van der Waals surface area contributed by atoms with Crippen molar-refractivity contribution >= 4 is 29.4 Å². The molecule has 8 nitrogen and oxygen atoms in total. The zero-order valence-electron chi connectivity index (χ0n) is 22.6. The fraction of sp³-hybridized carbons (Fsp3) is 0.517. The van der Waals surface area contributed by atoms with Gasteiger partial charge in [0, 0.05) is 31.1 Å². The molecule has 5 rings (SSSR count). The number of piperidine rings is 1. The summed E-state index contributed by atoms with van der Waals surface area (Å²) < 4.78 is 10.8. The lowest BCUT2D eigenvalue weighted by atomic mass is 9.92. The lowest BCUT2D eigenvalue weighted by Gasteiger charge is -2.39. The number of thioether (sulfide) groups is 1. The molecule has 3 heterocycles. The normalized spacial score (nSPS) is 19.8. The minimum Gasteiger partial charge on any atom is -0.454 e. The molecule has 1 unspecified atom stereocenters. The number of rotatable bonds is 6. The van der Waals surface area contributed by atoms with Crippen LogP contribution in [0, 0.1) is 0 Å². The van der Waals surface area contributed by atoms with Crippen molar-refractivity contribution in [1.82, 2.24) is 15.5 Å². The summed E-state index contributed by atoms with van der Waals surface area (Å²) in [4.78, 5) is 27.9. The average molecular weight is 539 g/mol. The van der Waals surface area contributed by atoms with Crippen LogP contribution in [-0.2, 0) is 11.3 Å². The fourth-order valence-corrected chi connectivity index (χ4v) is 6.81. The van der Waals surface area contributed by atoms with Crippen LogP contribution in [0.2, 0.25) is 0 Å². The predicted molar refractivity (Wildman–Crippen MR) is 151 cm³/mol. The third kappa shape index (κ3) is 5.59. The number of urea groups is 1. The number of hydrogen-bond acceptors (Lipinski definition) is 6. The molecule has 1 spiro atoms. The summed E-state index contributed by atoms with van der Waals surface area (Å²) >= 11 is 1.80. The van der Waals surface area contributed by atoms with Gasteiger partial charge in [-0.1, -0.05) is 52.0 Å². The van der Waals surface area contributed by atoms with Crippen molar-refractivity contribution < 1.29 is 19.1 Å². The lowest BCUT2D eigenvalue weighted by Crippen LogP contribution is -2.54. The van der Waals surface area contributed by atoms with Gasteiger partial charge in [0.15, 0.2) is 11.5 Å². The maximum absolute atomic E-state index is 13.3. The summed E-state index contributed by atoms with van der Waals surface area (Å²) in [7, 11) is 0. The van der Waals surface area contributed by atoms with Crippen LogP contribution in [0.1, 0.15) is 69.1 Å². The first-order valence-corrected chi connectivity index (χ1v) is 14.5. The van der Waals surface area contributed by atoms with Gasteiger partial charge in [-0.2, -0.15) is 0 Å². The second-order valence-corrected chi connectivity index (χ2v) is 12.3. The molecular formula is C29H38N4O4S. The van der Waals surface area contributed by atoms with Crippen LogP contribution in [0.4, 0.5) is 10.5 Å². The second kappa shape index (κ2) is 11.1. The third-order valence-electron chi connectivity index (χ3n) is 7.65. The second-order valence-electron chi connectivity index (χ2n) is 10.9. The summed E-state index contributed by atoms with van der Waals surface area (Å²) in [5.74, 6) is 2.81. The summed E-state index contributed by atoms with van der Waals surface area (Å²) in [6.07, 6.45) is 1.61. The van der Waals surface area contributed by atoms with Crippen molar-refractivity contribution in [2.75, 3.05) is 31.0 Å². The van der Waals surface area contributed by atoms with Crippen LogP contribution in [0.15, 0.2) is 36.4 Å². The number of carbonyl (C=O) groups excluding carboxylic acids is 2. The SMILES string of the molecule is CC(C)c1cccc(C(C)C)c1NC(=O)N1CCC2(CC1)NC(C(=O)NCc1ccc3c(c1)OCO3)CS2. The Morgan fingerprint density at radius 3 is 2.42 bits per heavy atom. The van der Waals surface area contributed by atoms with Crippen LogP contribution >= 0.6 is 11.8 Å². The molecule has 3 amide bonds. The van der Waals surface area contributed by atoms with E-state index in [0.717, 1.165) is 35.6 Å². The molecule has 3 aliphatic heterocycles. The number of benzene rings is 2. The summed E-state index contributed by atoms with van der Waals surface area (Å²) in [6, 6.07) is 11.7. The van der Waals surface area contributed by atoms with E-state index in [0.29, 0.717) is 37.2 Å². The Morgan fingerprint density at radius 1 is 1.05 bits per heavy atom. The van der Waals surface area contributed by atoms with Crippen LogP contribution in [0.3, 0.4) is 0 Å². The van der Waals surface area contributed by atoms with E-state index in [2.05, 4.69) is 61.8 Å². The number of para-hydroxylation sites is 1. The molecule has 0 saturated carbocycles. The monoisotopic (exact) mass is 538 g/mol. The number of anilines is 1. The Balaban J connectivity index is 1.14. The minimum atomic E-state index is -0.249. The molecule has 2 saturated heterocycles. The van der Waals surface area contributed by atoms with Gasteiger partial charge < -0.3 is 25.0 Å².